The molecule has 106 valence electrons. The molecule has 0 aromatic heterocycles. The number of benzene rings is 1. The van der Waals surface area contributed by atoms with Crippen LogP contribution in [0.4, 0.5) is 5.69 Å². The fourth-order valence-corrected chi connectivity index (χ4v) is 2.34. The van der Waals surface area contributed by atoms with E-state index in [1.165, 1.54) is 32.1 Å². The number of unbranched alkanes of at least 4 members (excludes halogenated alkanes) is 5. The van der Waals surface area contributed by atoms with Gasteiger partial charge in [-0.1, -0.05) is 55.0 Å². The summed E-state index contributed by atoms with van der Waals surface area (Å²) in [5, 5.41) is 12.3. The summed E-state index contributed by atoms with van der Waals surface area (Å²) >= 11 is 3.29. The van der Waals surface area contributed by atoms with Gasteiger partial charge in [-0.25, -0.2) is 4.79 Å². The summed E-state index contributed by atoms with van der Waals surface area (Å²) in [5.41, 5.74) is 1.02. The largest absolute Gasteiger partial charge is 0.478 e. The van der Waals surface area contributed by atoms with Crippen LogP contribution in [0.1, 0.15) is 55.8 Å². The van der Waals surface area contributed by atoms with Crippen LogP contribution in [0.15, 0.2) is 22.7 Å². The Hall–Kier alpha value is -1.03. The molecule has 2 N–H and O–H groups in total. The summed E-state index contributed by atoms with van der Waals surface area (Å²) in [6.45, 7) is 3.04. The van der Waals surface area contributed by atoms with Crippen LogP contribution in [0.2, 0.25) is 0 Å². The highest BCUT2D eigenvalue weighted by Gasteiger charge is 2.09. The van der Waals surface area contributed by atoms with Gasteiger partial charge in [-0.05, 0) is 24.6 Å². The number of halogens is 1. The molecule has 0 saturated carbocycles. The Morgan fingerprint density at radius 3 is 2.58 bits per heavy atom. The topological polar surface area (TPSA) is 49.3 Å². The van der Waals surface area contributed by atoms with Gasteiger partial charge in [0, 0.05) is 16.7 Å². The number of carbonyl (C=O) groups is 1. The van der Waals surface area contributed by atoms with E-state index in [9.17, 15) is 4.79 Å². The first kappa shape index (κ1) is 16.0. The van der Waals surface area contributed by atoms with Crippen LogP contribution in [-0.4, -0.2) is 17.6 Å². The number of hydrogen-bond acceptors (Lipinski definition) is 2. The van der Waals surface area contributed by atoms with Crippen molar-refractivity contribution >= 4 is 27.6 Å². The van der Waals surface area contributed by atoms with E-state index in [1.807, 2.05) is 12.1 Å². The first-order valence-electron chi connectivity index (χ1n) is 6.92. The molecule has 3 nitrogen and oxygen atoms in total. The Labute approximate surface area is 123 Å². The van der Waals surface area contributed by atoms with Gasteiger partial charge in [0.2, 0.25) is 0 Å². The summed E-state index contributed by atoms with van der Waals surface area (Å²) in [6.07, 6.45) is 7.42. The lowest BCUT2D eigenvalue weighted by Crippen LogP contribution is -2.07. The average molecular weight is 328 g/mol. The maximum atomic E-state index is 11.1. The van der Waals surface area contributed by atoms with Crippen molar-refractivity contribution in [2.75, 3.05) is 11.9 Å². The van der Waals surface area contributed by atoms with Crippen molar-refractivity contribution in [1.29, 1.82) is 0 Å². The molecule has 0 radical (unpaired) electrons. The maximum absolute atomic E-state index is 11.1. The van der Waals surface area contributed by atoms with Crippen LogP contribution in [0.25, 0.3) is 0 Å². The van der Waals surface area contributed by atoms with Crippen LogP contribution in [-0.2, 0) is 0 Å². The lowest BCUT2D eigenvalue weighted by Gasteiger charge is -2.10. The zero-order valence-corrected chi connectivity index (χ0v) is 13.0. The lowest BCUT2D eigenvalue weighted by atomic mass is 10.1. The van der Waals surface area contributed by atoms with Gasteiger partial charge in [0.15, 0.2) is 0 Å². The molecule has 0 aliphatic rings. The molecule has 0 aliphatic carbocycles. The number of carboxylic acid groups (broad SMARTS) is 1. The quantitative estimate of drug-likeness (QED) is 0.633. The van der Waals surface area contributed by atoms with E-state index in [-0.39, 0.29) is 0 Å². The highest BCUT2D eigenvalue weighted by atomic mass is 79.9. The van der Waals surface area contributed by atoms with Crippen molar-refractivity contribution < 1.29 is 9.90 Å². The third-order valence-corrected chi connectivity index (χ3v) is 3.55. The van der Waals surface area contributed by atoms with Crippen LogP contribution in [0.3, 0.4) is 0 Å². The number of rotatable bonds is 9. The zero-order valence-electron chi connectivity index (χ0n) is 11.4. The molecule has 1 aromatic rings. The van der Waals surface area contributed by atoms with E-state index < -0.39 is 5.97 Å². The molecule has 0 spiro atoms. The number of hydrogen-bond donors (Lipinski definition) is 2. The predicted octanol–water partition coefficient (Wildman–Crippen LogP) is 4.92. The molecular weight excluding hydrogens is 306 g/mol. The van der Waals surface area contributed by atoms with Crippen molar-refractivity contribution in [1.82, 2.24) is 0 Å². The second kappa shape index (κ2) is 8.97. The fraction of sp³-hybridized carbons (Fsp3) is 0.533. The minimum absolute atomic E-state index is 0.320. The van der Waals surface area contributed by atoms with Crippen LogP contribution in [0.5, 0.6) is 0 Å². The Morgan fingerprint density at radius 2 is 1.89 bits per heavy atom. The number of anilines is 1. The highest BCUT2D eigenvalue weighted by molar-refractivity contribution is 9.10. The fourth-order valence-electron chi connectivity index (χ4n) is 1.98. The molecule has 0 bridgehead atoms. The normalized spacial score (nSPS) is 10.4. The van der Waals surface area contributed by atoms with E-state index in [0.29, 0.717) is 11.3 Å². The van der Waals surface area contributed by atoms with Crippen molar-refractivity contribution in [3.63, 3.8) is 0 Å². The van der Waals surface area contributed by atoms with Crippen LogP contribution >= 0.6 is 15.9 Å². The van der Waals surface area contributed by atoms with E-state index in [0.717, 1.165) is 17.4 Å². The standard InChI is InChI=1S/C15H22BrNO2/c1-2-3-4-5-6-7-10-17-14-9-8-12(16)11-13(14)15(18)19/h8-9,11,17H,2-7,10H2,1H3,(H,18,19). The van der Waals surface area contributed by atoms with Crippen molar-refractivity contribution in [2.45, 2.75) is 45.4 Å². The molecule has 0 atom stereocenters. The summed E-state index contributed by atoms with van der Waals surface area (Å²) in [4.78, 5) is 11.1. The van der Waals surface area contributed by atoms with Gasteiger partial charge in [-0.3, -0.25) is 0 Å². The molecule has 1 aromatic carbocycles. The van der Waals surface area contributed by atoms with Crippen LogP contribution < -0.4 is 5.32 Å². The Balaban J connectivity index is 2.35. The highest BCUT2D eigenvalue weighted by Crippen LogP contribution is 2.21. The second-order valence-corrected chi connectivity index (χ2v) is 5.61. The minimum atomic E-state index is -0.897. The first-order valence-corrected chi connectivity index (χ1v) is 7.71. The second-order valence-electron chi connectivity index (χ2n) is 4.69. The van der Waals surface area contributed by atoms with Crippen LogP contribution in [0, 0.1) is 0 Å². The molecule has 1 rings (SSSR count). The van der Waals surface area contributed by atoms with Crippen molar-refractivity contribution in [3.05, 3.63) is 28.2 Å². The number of aromatic carboxylic acids is 1. The Bertz CT molecular complexity index is 407. The molecule has 19 heavy (non-hydrogen) atoms. The number of carboxylic acids is 1. The molecule has 0 fully saturated rings. The minimum Gasteiger partial charge on any atom is -0.478 e. The summed E-state index contributed by atoms with van der Waals surface area (Å²) in [5.74, 6) is -0.897. The Kier molecular flexibility index (Phi) is 7.56. The van der Waals surface area contributed by atoms with E-state index in [1.54, 1.807) is 6.07 Å². The smallest absolute Gasteiger partial charge is 0.337 e. The van der Waals surface area contributed by atoms with Crippen molar-refractivity contribution in [3.8, 4) is 0 Å². The third kappa shape index (κ3) is 6.10. The summed E-state index contributed by atoms with van der Waals surface area (Å²) in [7, 11) is 0. The molecule has 0 aliphatic heterocycles. The molecule has 0 amide bonds. The van der Waals surface area contributed by atoms with E-state index >= 15 is 0 Å². The van der Waals surface area contributed by atoms with Gasteiger partial charge in [-0.2, -0.15) is 0 Å². The Morgan fingerprint density at radius 1 is 1.21 bits per heavy atom. The van der Waals surface area contributed by atoms with Gasteiger partial charge in [0.05, 0.1) is 5.56 Å². The summed E-state index contributed by atoms with van der Waals surface area (Å²) < 4.78 is 0.787. The van der Waals surface area contributed by atoms with Gasteiger partial charge in [0.1, 0.15) is 0 Å². The van der Waals surface area contributed by atoms with E-state index in [4.69, 9.17) is 5.11 Å². The monoisotopic (exact) mass is 327 g/mol. The van der Waals surface area contributed by atoms with Gasteiger partial charge >= 0.3 is 5.97 Å². The summed E-state index contributed by atoms with van der Waals surface area (Å²) in [6, 6.07) is 5.30. The van der Waals surface area contributed by atoms with Gasteiger partial charge in [0.25, 0.3) is 0 Å². The molecule has 0 unspecified atom stereocenters. The van der Waals surface area contributed by atoms with Crippen molar-refractivity contribution in [2.24, 2.45) is 0 Å². The number of nitrogens with one attached hydrogen (secondary N) is 1. The van der Waals surface area contributed by atoms with E-state index in [2.05, 4.69) is 28.2 Å². The molecule has 0 saturated heterocycles. The molecule has 0 heterocycles. The molecular formula is C15H22BrNO2. The first-order chi connectivity index (χ1) is 9.15. The van der Waals surface area contributed by atoms with Gasteiger partial charge in [-0.15, -0.1) is 0 Å². The predicted molar refractivity (Wildman–Crippen MR) is 83.0 cm³/mol. The molecule has 4 heteroatoms. The van der Waals surface area contributed by atoms with Gasteiger partial charge < -0.3 is 10.4 Å². The average Bonchev–Trinajstić information content (AvgIpc) is 2.39. The third-order valence-electron chi connectivity index (χ3n) is 3.06. The lowest BCUT2D eigenvalue weighted by molar-refractivity contribution is 0.0698. The zero-order chi connectivity index (χ0) is 14.1. The SMILES string of the molecule is CCCCCCCCNc1ccc(Br)cc1C(=O)O. The maximum Gasteiger partial charge on any atom is 0.337 e.